The van der Waals surface area contributed by atoms with E-state index in [0.29, 0.717) is 49.4 Å². The van der Waals surface area contributed by atoms with Crippen molar-refractivity contribution in [1.29, 1.82) is 0 Å². The van der Waals surface area contributed by atoms with Gasteiger partial charge in [-0.25, -0.2) is 0 Å². The summed E-state index contributed by atoms with van der Waals surface area (Å²) in [7, 11) is 0. The smallest absolute Gasteiger partial charge is 0.293 e. The molecule has 1 saturated heterocycles. The van der Waals surface area contributed by atoms with Crippen LogP contribution < -0.4 is 10.2 Å². The number of nitrogens with one attached hydrogen (secondary N) is 1. The summed E-state index contributed by atoms with van der Waals surface area (Å²) in [4.78, 5) is 25.7. The number of carbonyl (C=O) groups is 1. The lowest BCUT2D eigenvalue weighted by molar-refractivity contribution is -0.384. The first-order chi connectivity index (χ1) is 12.1. The van der Waals surface area contributed by atoms with Crippen molar-refractivity contribution >= 4 is 17.3 Å². The van der Waals surface area contributed by atoms with Gasteiger partial charge in [-0.1, -0.05) is 0 Å². The number of amides is 1. The molecule has 1 amide bonds. The molecular formula is C18H23N3O4. The molecular weight excluding hydrogens is 322 g/mol. The van der Waals surface area contributed by atoms with E-state index in [-0.39, 0.29) is 17.6 Å². The number of nitro benzene ring substituents is 1. The normalized spacial score (nSPS) is 20.6. The monoisotopic (exact) mass is 345 g/mol. The Kier molecular flexibility index (Phi) is 4.33. The Morgan fingerprint density at radius 2 is 1.84 bits per heavy atom. The second-order valence-corrected chi connectivity index (χ2v) is 7.23. The van der Waals surface area contributed by atoms with Crippen molar-refractivity contribution in [2.45, 2.75) is 31.7 Å². The quantitative estimate of drug-likeness (QED) is 0.632. The van der Waals surface area contributed by atoms with Crippen molar-refractivity contribution in [2.75, 3.05) is 31.2 Å². The third-order valence-electron chi connectivity index (χ3n) is 5.34. The van der Waals surface area contributed by atoms with Crippen molar-refractivity contribution in [3.63, 3.8) is 0 Å². The number of carbonyl (C=O) groups excluding carboxylic acids is 1. The van der Waals surface area contributed by atoms with Gasteiger partial charge in [-0.15, -0.1) is 0 Å². The van der Waals surface area contributed by atoms with Crippen molar-refractivity contribution in [1.82, 2.24) is 5.32 Å². The number of hydrogen-bond donors (Lipinski definition) is 1. The van der Waals surface area contributed by atoms with E-state index in [0.717, 1.165) is 0 Å². The number of anilines is 1. The molecule has 1 aromatic rings. The first kappa shape index (κ1) is 16.3. The van der Waals surface area contributed by atoms with Crippen molar-refractivity contribution < 1.29 is 14.5 Å². The van der Waals surface area contributed by atoms with E-state index in [1.165, 1.54) is 31.7 Å². The number of hydrogen-bond acceptors (Lipinski definition) is 5. The molecule has 0 radical (unpaired) electrons. The van der Waals surface area contributed by atoms with Crippen LogP contribution in [0.4, 0.5) is 11.4 Å². The minimum Gasteiger partial charge on any atom is -0.378 e. The van der Waals surface area contributed by atoms with Crippen LogP contribution in [0.25, 0.3) is 0 Å². The third-order valence-corrected chi connectivity index (χ3v) is 5.34. The summed E-state index contributed by atoms with van der Waals surface area (Å²) in [6.07, 6.45) is 4.71. The number of morpholine rings is 1. The molecule has 2 aliphatic carbocycles. The molecule has 4 rings (SSSR count). The van der Waals surface area contributed by atoms with E-state index in [1.807, 2.05) is 4.90 Å². The predicted octanol–water partition coefficient (Wildman–Crippen LogP) is 2.35. The molecule has 0 spiro atoms. The van der Waals surface area contributed by atoms with E-state index in [9.17, 15) is 14.9 Å². The highest BCUT2D eigenvalue weighted by molar-refractivity contribution is 5.96. The van der Waals surface area contributed by atoms with Crippen LogP contribution in [0, 0.1) is 22.0 Å². The Morgan fingerprint density at radius 1 is 1.20 bits per heavy atom. The van der Waals surface area contributed by atoms with E-state index >= 15 is 0 Å². The summed E-state index contributed by atoms with van der Waals surface area (Å²) in [6.45, 7) is 2.36. The molecule has 1 aliphatic heterocycles. The van der Waals surface area contributed by atoms with Crippen molar-refractivity contribution in [2.24, 2.45) is 11.8 Å². The predicted molar refractivity (Wildman–Crippen MR) is 92.8 cm³/mol. The summed E-state index contributed by atoms with van der Waals surface area (Å²) >= 11 is 0. The number of rotatable bonds is 6. The van der Waals surface area contributed by atoms with E-state index in [2.05, 4.69) is 5.32 Å². The average Bonchev–Trinajstić information content (AvgIpc) is 3.53. The molecule has 7 nitrogen and oxygen atoms in total. The topological polar surface area (TPSA) is 84.7 Å². The summed E-state index contributed by atoms with van der Waals surface area (Å²) in [5, 5.41) is 14.6. The zero-order valence-electron chi connectivity index (χ0n) is 14.1. The summed E-state index contributed by atoms with van der Waals surface area (Å²) in [5.74, 6) is 0.999. The fraction of sp³-hybridized carbons (Fsp3) is 0.611. The Bertz CT molecular complexity index is 667. The number of ether oxygens (including phenoxy) is 1. The minimum absolute atomic E-state index is 0.0102. The van der Waals surface area contributed by atoms with Gasteiger partial charge in [0, 0.05) is 30.8 Å². The van der Waals surface area contributed by atoms with Crippen LogP contribution in [-0.2, 0) is 4.74 Å². The summed E-state index contributed by atoms with van der Waals surface area (Å²) in [5.41, 5.74) is 0.921. The van der Waals surface area contributed by atoms with Crippen LogP contribution in [0.15, 0.2) is 18.2 Å². The second-order valence-electron chi connectivity index (χ2n) is 7.23. The maximum atomic E-state index is 12.6. The largest absolute Gasteiger partial charge is 0.378 e. The molecule has 2 saturated carbocycles. The maximum absolute atomic E-state index is 12.6. The van der Waals surface area contributed by atoms with Crippen LogP contribution in [0.1, 0.15) is 36.0 Å². The molecule has 134 valence electrons. The highest BCUT2D eigenvalue weighted by Gasteiger charge is 2.42. The van der Waals surface area contributed by atoms with Gasteiger partial charge >= 0.3 is 0 Å². The van der Waals surface area contributed by atoms with Crippen molar-refractivity contribution in [3.05, 3.63) is 33.9 Å². The van der Waals surface area contributed by atoms with Crippen LogP contribution in [0.3, 0.4) is 0 Å². The number of nitro groups is 1. The molecule has 0 unspecified atom stereocenters. The lowest BCUT2D eigenvalue weighted by Crippen LogP contribution is -2.38. The third kappa shape index (κ3) is 3.61. The number of benzene rings is 1. The molecule has 7 heteroatoms. The van der Waals surface area contributed by atoms with Gasteiger partial charge in [0.05, 0.1) is 18.1 Å². The lowest BCUT2D eigenvalue weighted by Gasteiger charge is -2.28. The molecule has 3 fully saturated rings. The van der Waals surface area contributed by atoms with Gasteiger partial charge in [0.1, 0.15) is 5.69 Å². The number of nitrogens with zero attached hydrogens (tertiary/aromatic N) is 2. The maximum Gasteiger partial charge on any atom is 0.293 e. The van der Waals surface area contributed by atoms with Gasteiger partial charge in [0.15, 0.2) is 0 Å². The highest BCUT2D eigenvalue weighted by atomic mass is 16.6. The van der Waals surface area contributed by atoms with Gasteiger partial charge in [-0.2, -0.15) is 0 Å². The van der Waals surface area contributed by atoms with Gasteiger partial charge in [0.25, 0.3) is 11.6 Å². The molecule has 25 heavy (non-hydrogen) atoms. The first-order valence-corrected chi connectivity index (χ1v) is 9.05. The first-order valence-electron chi connectivity index (χ1n) is 9.05. The van der Waals surface area contributed by atoms with Crippen LogP contribution in [-0.4, -0.2) is 43.2 Å². The van der Waals surface area contributed by atoms with Crippen LogP contribution >= 0.6 is 0 Å². The molecule has 0 atom stereocenters. The van der Waals surface area contributed by atoms with E-state index < -0.39 is 4.92 Å². The summed E-state index contributed by atoms with van der Waals surface area (Å²) in [6, 6.07) is 5.05. The molecule has 1 N–H and O–H groups in total. The summed E-state index contributed by atoms with van der Waals surface area (Å²) < 4.78 is 5.31. The van der Waals surface area contributed by atoms with Crippen molar-refractivity contribution in [3.8, 4) is 0 Å². The Labute approximate surface area is 146 Å². The Balaban J connectivity index is 1.54. The fourth-order valence-electron chi connectivity index (χ4n) is 3.65. The molecule has 3 aliphatic rings. The van der Waals surface area contributed by atoms with Gasteiger partial charge in [-0.05, 0) is 49.7 Å². The minimum atomic E-state index is -0.402. The van der Waals surface area contributed by atoms with Crippen LogP contribution in [0.5, 0.6) is 0 Å². The zero-order valence-corrected chi connectivity index (χ0v) is 14.1. The molecule has 0 aromatic heterocycles. The Hall–Kier alpha value is -2.15. The van der Waals surface area contributed by atoms with Gasteiger partial charge in [0.2, 0.25) is 0 Å². The zero-order chi connectivity index (χ0) is 17.4. The molecule has 1 heterocycles. The van der Waals surface area contributed by atoms with Gasteiger partial charge in [-0.3, -0.25) is 14.9 Å². The van der Waals surface area contributed by atoms with E-state index in [4.69, 9.17) is 4.74 Å². The SMILES string of the molecule is O=C(NC(C1CC1)C1CC1)c1ccc(N2CCOCC2)c([N+](=O)[O-])c1. The molecule has 1 aromatic carbocycles. The fourth-order valence-corrected chi connectivity index (χ4v) is 3.65. The average molecular weight is 345 g/mol. The van der Waals surface area contributed by atoms with Crippen LogP contribution in [0.2, 0.25) is 0 Å². The second kappa shape index (κ2) is 6.63. The van der Waals surface area contributed by atoms with Gasteiger partial charge < -0.3 is 15.0 Å². The lowest BCUT2D eigenvalue weighted by atomic mass is 10.1. The standard InChI is InChI=1S/C18H23N3O4/c22-18(19-17(12-1-2-12)13-3-4-13)14-5-6-15(16(11-14)21(23)24)20-7-9-25-10-8-20/h5-6,11-13,17H,1-4,7-10H2,(H,19,22). The van der Waals surface area contributed by atoms with E-state index in [1.54, 1.807) is 12.1 Å². The highest BCUT2D eigenvalue weighted by Crippen LogP contribution is 2.44. The molecule has 0 bridgehead atoms. The Morgan fingerprint density at radius 3 is 2.40 bits per heavy atom.